The maximum Gasteiger partial charge on any atom is 0.159 e. The second kappa shape index (κ2) is 3.82. The zero-order valence-corrected chi connectivity index (χ0v) is 10.2. The van der Waals surface area contributed by atoms with E-state index >= 15 is 0 Å². The van der Waals surface area contributed by atoms with Crippen molar-refractivity contribution in [2.75, 3.05) is 0 Å². The van der Waals surface area contributed by atoms with Crippen molar-refractivity contribution in [3.05, 3.63) is 29.3 Å². The van der Waals surface area contributed by atoms with Crippen LogP contribution in [0.3, 0.4) is 0 Å². The van der Waals surface area contributed by atoms with Gasteiger partial charge in [-0.3, -0.25) is 4.79 Å². The number of carbonyl (C=O) groups is 1. The average Bonchev–Trinajstić information content (AvgIpc) is 2.25. The van der Waals surface area contributed by atoms with Crippen LogP contribution in [0.2, 0.25) is 0 Å². The quantitative estimate of drug-likeness (QED) is 0.722. The maximum atomic E-state index is 11.3. The number of hydrogen-bond donors (Lipinski definition) is 2. The van der Waals surface area contributed by atoms with Crippen molar-refractivity contribution >= 4 is 5.78 Å². The van der Waals surface area contributed by atoms with E-state index in [2.05, 4.69) is 0 Å². The lowest BCUT2D eigenvalue weighted by Gasteiger charge is -2.40. The molecular formula is C13H17NO3. The second-order valence-electron chi connectivity index (χ2n) is 4.98. The zero-order chi connectivity index (χ0) is 12.8. The number of hydrogen-bond acceptors (Lipinski definition) is 4. The van der Waals surface area contributed by atoms with E-state index < -0.39 is 17.7 Å². The predicted octanol–water partition coefficient (Wildman–Crippen LogP) is 1.42. The van der Waals surface area contributed by atoms with Crippen LogP contribution in [0.15, 0.2) is 18.2 Å². The summed E-state index contributed by atoms with van der Waals surface area (Å²) in [5.74, 6) is 0.608. The number of aliphatic hydroxyl groups is 1. The number of ketones is 1. The van der Waals surface area contributed by atoms with Crippen LogP contribution in [-0.4, -0.2) is 22.6 Å². The standard InChI is InChI=1S/C13H17NO3/c1-7(15)8-4-5-10-9(6-8)11(14)12(16)13(2,3)17-10/h4-6,11-12,16H,14H2,1-3H3/t11-,12+/m0/s1. The van der Waals surface area contributed by atoms with E-state index in [1.165, 1.54) is 6.92 Å². The maximum absolute atomic E-state index is 11.3. The first-order valence-electron chi connectivity index (χ1n) is 5.60. The number of carbonyl (C=O) groups excluding carboxylic acids is 1. The molecule has 1 aliphatic rings. The van der Waals surface area contributed by atoms with Crippen LogP contribution in [0, 0.1) is 0 Å². The number of fused-ring (bicyclic) bond motifs is 1. The van der Waals surface area contributed by atoms with Gasteiger partial charge in [-0.2, -0.15) is 0 Å². The molecule has 3 N–H and O–H groups in total. The van der Waals surface area contributed by atoms with Gasteiger partial charge in [-0.15, -0.1) is 0 Å². The highest BCUT2D eigenvalue weighted by atomic mass is 16.5. The Labute approximate surface area is 100 Å². The Bertz CT molecular complexity index is 468. The smallest absolute Gasteiger partial charge is 0.159 e. The molecule has 0 aromatic heterocycles. The van der Waals surface area contributed by atoms with Crippen molar-refractivity contribution in [1.82, 2.24) is 0 Å². The SMILES string of the molecule is CC(=O)c1ccc2c(c1)[C@H](N)[C@@H](O)C(C)(C)O2. The Hall–Kier alpha value is -1.39. The summed E-state index contributed by atoms with van der Waals surface area (Å²) in [7, 11) is 0. The van der Waals surface area contributed by atoms with E-state index in [0.717, 1.165) is 0 Å². The molecule has 1 aromatic rings. The predicted molar refractivity (Wildman–Crippen MR) is 64.1 cm³/mol. The summed E-state index contributed by atoms with van der Waals surface area (Å²) in [6, 6.07) is 4.61. The van der Waals surface area contributed by atoms with Crippen molar-refractivity contribution in [1.29, 1.82) is 0 Å². The van der Waals surface area contributed by atoms with Crippen LogP contribution in [0.4, 0.5) is 0 Å². The number of Topliss-reactive ketones (excluding diaryl/α,β-unsaturated/α-hetero) is 1. The van der Waals surface area contributed by atoms with E-state index in [1.54, 1.807) is 32.0 Å². The molecular weight excluding hydrogens is 218 g/mol. The van der Waals surface area contributed by atoms with Gasteiger partial charge in [0.25, 0.3) is 0 Å². The molecule has 92 valence electrons. The lowest BCUT2D eigenvalue weighted by Crippen LogP contribution is -2.51. The van der Waals surface area contributed by atoms with Gasteiger partial charge < -0.3 is 15.6 Å². The largest absolute Gasteiger partial charge is 0.485 e. The monoisotopic (exact) mass is 235 g/mol. The van der Waals surface area contributed by atoms with Gasteiger partial charge >= 0.3 is 0 Å². The van der Waals surface area contributed by atoms with Crippen molar-refractivity contribution < 1.29 is 14.6 Å². The van der Waals surface area contributed by atoms with E-state index in [0.29, 0.717) is 16.9 Å². The Kier molecular flexibility index (Phi) is 2.72. The Morgan fingerprint density at radius 3 is 2.71 bits per heavy atom. The van der Waals surface area contributed by atoms with Crippen LogP contribution in [0.1, 0.15) is 42.7 Å². The van der Waals surface area contributed by atoms with Crippen LogP contribution in [0.25, 0.3) is 0 Å². The summed E-state index contributed by atoms with van der Waals surface area (Å²) in [5.41, 5.74) is 6.54. The Balaban J connectivity index is 2.50. The fourth-order valence-corrected chi connectivity index (χ4v) is 2.07. The topological polar surface area (TPSA) is 72.6 Å². The van der Waals surface area contributed by atoms with Gasteiger partial charge in [-0.25, -0.2) is 0 Å². The van der Waals surface area contributed by atoms with Gasteiger partial charge in [0.1, 0.15) is 17.5 Å². The molecule has 0 radical (unpaired) electrons. The first kappa shape index (κ1) is 12.1. The highest BCUT2D eigenvalue weighted by Gasteiger charge is 2.41. The van der Waals surface area contributed by atoms with Gasteiger partial charge in [0, 0.05) is 11.1 Å². The second-order valence-corrected chi connectivity index (χ2v) is 4.98. The lowest BCUT2D eigenvalue weighted by atomic mass is 9.86. The van der Waals surface area contributed by atoms with Crippen LogP contribution in [0.5, 0.6) is 5.75 Å². The highest BCUT2D eigenvalue weighted by molar-refractivity contribution is 5.94. The fourth-order valence-electron chi connectivity index (χ4n) is 2.07. The molecule has 0 saturated carbocycles. The van der Waals surface area contributed by atoms with Crippen LogP contribution >= 0.6 is 0 Å². The molecule has 0 spiro atoms. The lowest BCUT2D eigenvalue weighted by molar-refractivity contribution is -0.0571. The fraction of sp³-hybridized carbons (Fsp3) is 0.462. The van der Waals surface area contributed by atoms with Crippen molar-refractivity contribution in [2.45, 2.75) is 38.5 Å². The molecule has 4 nitrogen and oxygen atoms in total. The molecule has 2 atom stereocenters. The minimum absolute atomic E-state index is 0.0284. The number of nitrogens with two attached hydrogens (primary N) is 1. The van der Waals surface area contributed by atoms with E-state index in [1.807, 2.05) is 0 Å². The molecule has 17 heavy (non-hydrogen) atoms. The van der Waals surface area contributed by atoms with Gasteiger partial charge in [-0.05, 0) is 39.0 Å². The Morgan fingerprint density at radius 2 is 2.12 bits per heavy atom. The highest BCUT2D eigenvalue weighted by Crippen LogP contribution is 2.38. The van der Waals surface area contributed by atoms with Crippen molar-refractivity contribution in [3.63, 3.8) is 0 Å². The number of ether oxygens (including phenoxy) is 1. The normalized spacial score (nSPS) is 25.9. The number of benzene rings is 1. The van der Waals surface area contributed by atoms with Crippen LogP contribution in [-0.2, 0) is 0 Å². The van der Waals surface area contributed by atoms with Gasteiger partial charge in [0.15, 0.2) is 5.78 Å². The molecule has 0 amide bonds. The molecule has 1 aromatic carbocycles. The first-order valence-corrected chi connectivity index (χ1v) is 5.60. The van der Waals surface area contributed by atoms with Crippen LogP contribution < -0.4 is 10.5 Å². The van der Waals surface area contributed by atoms with Gasteiger partial charge in [0.2, 0.25) is 0 Å². The number of aliphatic hydroxyl groups excluding tert-OH is 1. The number of rotatable bonds is 1. The summed E-state index contributed by atoms with van der Waals surface area (Å²) in [6.45, 7) is 5.08. The first-order chi connectivity index (χ1) is 7.83. The molecule has 0 unspecified atom stereocenters. The summed E-state index contributed by atoms with van der Waals surface area (Å²) < 4.78 is 5.70. The third-order valence-corrected chi connectivity index (χ3v) is 3.20. The van der Waals surface area contributed by atoms with Gasteiger partial charge in [0.05, 0.1) is 6.04 Å². The molecule has 0 bridgehead atoms. The Morgan fingerprint density at radius 1 is 1.47 bits per heavy atom. The summed E-state index contributed by atoms with van der Waals surface area (Å²) in [6.07, 6.45) is -0.794. The molecule has 2 rings (SSSR count). The van der Waals surface area contributed by atoms with Gasteiger partial charge in [-0.1, -0.05) is 0 Å². The van der Waals surface area contributed by atoms with E-state index in [9.17, 15) is 9.90 Å². The average molecular weight is 235 g/mol. The molecule has 0 fully saturated rings. The van der Waals surface area contributed by atoms with E-state index in [4.69, 9.17) is 10.5 Å². The third-order valence-electron chi connectivity index (χ3n) is 3.20. The molecule has 1 heterocycles. The summed E-state index contributed by atoms with van der Waals surface area (Å²) in [5, 5.41) is 10.0. The molecule has 0 saturated heterocycles. The van der Waals surface area contributed by atoms with Crippen molar-refractivity contribution in [2.24, 2.45) is 5.73 Å². The minimum Gasteiger partial charge on any atom is -0.485 e. The summed E-state index contributed by atoms with van der Waals surface area (Å²) >= 11 is 0. The van der Waals surface area contributed by atoms with Crippen molar-refractivity contribution in [3.8, 4) is 5.75 Å². The zero-order valence-electron chi connectivity index (χ0n) is 10.2. The van der Waals surface area contributed by atoms with E-state index in [-0.39, 0.29) is 5.78 Å². The minimum atomic E-state index is -0.794. The molecule has 1 aliphatic heterocycles. The molecule has 4 heteroatoms. The molecule has 0 aliphatic carbocycles. The summed E-state index contributed by atoms with van der Waals surface area (Å²) in [4.78, 5) is 11.3. The third kappa shape index (κ3) is 1.94.